The van der Waals surface area contributed by atoms with Crippen LogP contribution in [0.1, 0.15) is 11.4 Å². The first-order valence-corrected chi connectivity index (χ1v) is 6.27. The maximum atomic E-state index is 9.97. The number of rotatable bonds is 6. The van der Waals surface area contributed by atoms with Gasteiger partial charge in [0.15, 0.2) is 0 Å². The van der Waals surface area contributed by atoms with Crippen LogP contribution < -0.4 is 10.5 Å². The Kier molecular flexibility index (Phi) is 4.54. The average molecular weight is 261 g/mol. The van der Waals surface area contributed by atoms with E-state index in [0.29, 0.717) is 13.1 Å². The van der Waals surface area contributed by atoms with Gasteiger partial charge in [0.25, 0.3) is 0 Å². The molecule has 1 heterocycles. The molecule has 102 valence electrons. The summed E-state index contributed by atoms with van der Waals surface area (Å²) >= 11 is 0. The summed E-state index contributed by atoms with van der Waals surface area (Å²) in [5.41, 5.74) is 6.57. The Bertz CT molecular complexity index is 525. The molecule has 0 fully saturated rings. The molecule has 2 rings (SSSR count). The van der Waals surface area contributed by atoms with E-state index in [0.717, 1.165) is 17.1 Å². The van der Waals surface area contributed by atoms with E-state index >= 15 is 0 Å². The number of ether oxygens (including phenoxy) is 1. The van der Waals surface area contributed by atoms with Crippen molar-refractivity contribution in [3.8, 4) is 5.75 Å². The molecule has 0 bridgehead atoms. The van der Waals surface area contributed by atoms with Gasteiger partial charge in [-0.15, -0.1) is 0 Å². The van der Waals surface area contributed by atoms with Crippen LogP contribution in [-0.2, 0) is 13.1 Å². The van der Waals surface area contributed by atoms with E-state index < -0.39 is 6.10 Å². The van der Waals surface area contributed by atoms with Crippen molar-refractivity contribution in [1.29, 1.82) is 0 Å². The molecule has 0 amide bonds. The van der Waals surface area contributed by atoms with Crippen LogP contribution in [0, 0.1) is 6.92 Å². The van der Waals surface area contributed by atoms with E-state index in [2.05, 4.69) is 4.98 Å². The third-order valence-corrected chi connectivity index (χ3v) is 2.95. The number of nitrogens with zero attached hydrogens (tertiary/aromatic N) is 2. The molecule has 0 saturated carbocycles. The molecule has 0 spiro atoms. The van der Waals surface area contributed by atoms with Gasteiger partial charge >= 0.3 is 0 Å². The maximum absolute atomic E-state index is 9.97. The molecule has 19 heavy (non-hydrogen) atoms. The smallest absolute Gasteiger partial charge is 0.123 e. The highest BCUT2D eigenvalue weighted by Gasteiger charge is 2.09. The van der Waals surface area contributed by atoms with E-state index in [1.165, 1.54) is 0 Å². The number of hydrogen-bond donors (Lipinski definition) is 2. The fourth-order valence-corrected chi connectivity index (χ4v) is 1.88. The van der Waals surface area contributed by atoms with Crippen molar-refractivity contribution in [3.05, 3.63) is 48.0 Å². The predicted octanol–water partition coefficient (Wildman–Crippen LogP) is 1.09. The third kappa shape index (κ3) is 3.56. The molecular formula is C14H19N3O2. The van der Waals surface area contributed by atoms with Crippen molar-refractivity contribution in [2.75, 3.05) is 6.61 Å². The summed E-state index contributed by atoms with van der Waals surface area (Å²) in [5.74, 6) is 1.60. The number of aliphatic hydroxyl groups excluding tert-OH is 1. The first-order valence-electron chi connectivity index (χ1n) is 6.27. The summed E-state index contributed by atoms with van der Waals surface area (Å²) in [7, 11) is 0. The van der Waals surface area contributed by atoms with Crippen LogP contribution in [0.15, 0.2) is 36.7 Å². The standard InChI is InChI=1S/C14H19N3O2/c1-11-16-6-7-17(11)9-13(18)10-19-14-5-3-2-4-12(14)8-15/h2-7,13,18H,8-10,15H2,1H3. The van der Waals surface area contributed by atoms with Gasteiger partial charge in [-0.05, 0) is 13.0 Å². The minimum atomic E-state index is -0.585. The molecule has 1 aromatic carbocycles. The van der Waals surface area contributed by atoms with Gasteiger partial charge in [-0.25, -0.2) is 4.98 Å². The first kappa shape index (κ1) is 13.6. The minimum Gasteiger partial charge on any atom is -0.490 e. The van der Waals surface area contributed by atoms with Crippen molar-refractivity contribution in [1.82, 2.24) is 9.55 Å². The second-order valence-corrected chi connectivity index (χ2v) is 4.40. The molecule has 5 nitrogen and oxygen atoms in total. The van der Waals surface area contributed by atoms with Gasteiger partial charge in [0.2, 0.25) is 0 Å². The molecule has 3 N–H and O–H groups in total. The van der Waals surface area contributed by atoms with E-state index in [1.807, 2.05) is 42.0 Å². The fraction of sp³-hybridized carbons (Fsp3) is 0.357. The largest absolute Gasteiger partial charge is 0.490 e. The third-order valence-electron chi connectivity index (χ3n) is 2.95. The van der Waals surface area contributed by atoms with Gasteiger partial charge in [-0.3, -0.25) is 0 Å². The molecule has 0 radical (unpaired) electrons. The van der Waals surface area contributed by atoms with Gasteiger partial charge < -0.3 is 20.1 Å². The number of aliphatic hydroxyl groups is 1. The lowest BCUT2D eigenvalue weighted by Gasteiger charge is -2.15. The first-order chi connectivity index (χ1) is 9.20. The number of hydrogen-bond acceptors (Lipinski definition) is 4. The van der Waals surface area contributed by atoms with Crippen molar-refractivity contribution >= 4 is 0 Å². The number of aryl methyl sites for hydroxylation is 1. The average Bonchev–Trinajstić information content (AvgIpc) is 2.82. The van der Waals surface area contributed by atoms with Gasteiger partial charge in [0.05, 0.1) is 6.54 Å². The SMILES string of the molecule is Cc1nccn1CC(O)COc1ccccc1CN. The molecule has 1 unspecified atom stereocenters. The minimum absolute atomic E-state index is 0.231. The number of benzene rings is 1. The van der Waals surface area contributed by atoms with Crippen LogP contribution in [-0.4, -0.2) is 27.4 Å². The van der Waals surface area contributed by atoms with Crippen LogP contribution in [0.5, 0.6) is 5.75 Å². The van der Waals surface area contributed by atoms with Crippen LogP contribution in [0.3, 0.4) is 0 Å². The highest BCUT2D eigenvalue weighted by atomic mass is 16.5. The summed E-state index contributed by atoms with van der Waals surface area (Å²) < 4.78 is 7.51. The molecule has 1 aromatic heterocycles. The molecule has 0 saturated heterocycles. The zero-order valence-electron chi connectivity index (χ0n) is 11.0. The maximum Gasteiger partial charge on any atom is 0.123 e. The van der Waals surface area contributed by atoms with Crippen LogP contribution in [0.4, 0.5) is 0 Å². The Labute approximate surface area is 112 Å². The van der Waals surface area contributed by atoms with Crippen molar-refractivity contribution in [2.24, 2.45) is 5.73 Å². The van der Waals surface area contributed by atoms with Gasteiger partial charge in [0.1, 0.15) is 24.3 Å². The molecule has 2 aromatic rings. The topological polar surface area (TPSA) is 73.3 Å². The summed E-state index contributed by atoms with van der Waals surface area (Å²) in [6.07, 6.45) is 2.97. The van der Waals surface area contributed by atoms with Crippen molar-refractivity contribution < 1.29 is 9.84 Å². The summed E-state index contributed by atoms with van der Waals surface area (Å²) in [4.78, 5) is 4.11. The van der Waals surface area contributed by atoms with Crippen LogP contribution in [0.25, 0.3) is 0 Å². The molecular weight excluding hydrogens is 242 g/mol. The van der Waals surface area contributed by atoms with Gasteiger partial charge in [-0.1, -0.05) is 18.2 Å². The van der Waals surface area contributed by atoms with Crippen LogP contribution >= 0.6 is 0 Å². The quantitative estimate of drug-likeness (QED) is 0.816. The highest BCUT2D eigenvalue weighted by Crippen LogP contribution is 2.17. The molecule has 0 aliphatic heterocycles. The van der Waals surface area contributed by atoms with E-state index in [9.17, 15) is 5.11 Å². The predicted molar refractivity (Wildman–Crippen MR) is 72.8 cm³/mol. The van der Waals surface area contributed by atoms with Crippen molar-refractivity contribution in [2.45, 2.75) is 26.1 Å². The highest BCUT2D eigenvalue weighted by molar-refractivity contribution is 5.32. The fourth-order valence-electron chi connectivity index (χ4n) is 1.88. The lowest BCUT2D eigenvalue weighted by molar-refractivity contribution is 0.0915. The Morgan fingerprint density at radius 2 is 2.21 bits per heavy atom. The number of aromatic nitrogens is 2. The van der Waals surface area contributed by atoms with E-state index in [1.54, 1.807) is 6.20 Å². The Morgan fingerprint density at radius 1 is 1.42 bits per heavy atom. The zero-order chi connectivity index (χ0) is 13.7. The Hall–Kier alpha value is -1.85. The number of imidazole rings is 1. The zero-order valence-corrected chi connectivity index (χ0v) is 11.0. The second kappa shape index (κ2) is 6.36. The molecule has 0 aliphatic carbocycles. The van der Waals surface area contributed by atoms with E-state index in [-0.39, 0.29) is 6.61 Å². The lowest BCUT2D eigenvalue weighted by Crippen LogP contribution is -2.24. The normalized spacial score (nSPS) is 12.4. The molecule has 1 atom stereocenters. The second-order valence-electron chi connectivity index (χ2n) is 4.40. The van der Waals surface area contributed by atoms with Crippen LogP contribution in [0.2, 0.25) is 0 Å². The summed E-state index contributed by atoms with van der Waals surface area (Å²) in [5, 5.41) is 9.97. The summed E-state index contributed by atoms with van der Waals surface area (Å²) in [6, 6.07) is 7.58. The Balaban J connectivity index is 1.90. The monoisotopic (exact) mass is 261 g/mol. The lowest BCUT2D eigenvalue weighted by atomic mass is 10.2. The van der Waals surface area contributed by atoms with Gasteiger partial charge in [-0.2, -0.15) is 0 Å². The summed E-state index contributed by atoms with van der Waals surface area (Å²) in [6.45, 7) is 3.02. The number of nitrogens with two attached hydrogens (primary N) is 1. The van der Waals surface area contributed by atoms with Crippen molar-refractivity contribution in [3.63, 3.8) is 0 Å². The Morgan fingerprint density at radius 3 is 2.89 bits per heavy atom. The van der Waals surface area contributed by atoms with E-state index in [4.69, 9.17) is 10.5 Å². The molecule has 5 heteroatoms. The number of para-hydroxylation sites is 1. The van der Waals surface area contributed by atoms with Gasteiger partial charge in [0, 0.05) is 24.5 Å². The molecule has 0 aliphatic rings.